The first-order valence-electron chi connectivity index (χ1n) is 3.85. The highest BCUT2D eigenvalue weighted by molar-refractivity contribution is 7.89. The van der Waals surface area contributed by atoms with Crippen molar-refractivity contribution in [3.63, 3.8) is 0 Å². The van der Waals surface area contributed by atoms with E-state index in [4.69, 9.17) is 9.88 Å². The van der Waals surface area contributed by atoms with E-state index in [1.165, 1.54) is 0 Å². The van der Waals surface area contributed by atoms with Gasteiger partial charge >= 0.3 is 0 Å². The minimum Gasteiger partial charge on any atom is -0.379 e. The Bertz CT molecular complexity index is 233. The van der Waals surface area contributed by atoms with Crippen LogP contribution in [0.4, 0.5) is 0 Å². The molecule has 1 saturated heterocycles. The number of primary sulfonamides is 1. The largest absolute Gasteiger partial charge is 0.379 e. The lowest BCUT2D eigenvalue weighted by atomic mass is 10.4. The molecule has 12 heavy (non-hydrogen) atoms. The van der Waals surface area contributed by atoms with Crippen molar-refractivity contribution in [3.8, 4) is 0 Å². The molecule has 0 saturated carbocycles. The Kier molecular flexibility index (Phi) is 3.05. The molecular formula is C6H14N2O3S. The third kappa shape index (κ3) is 2.41. The lowest BCUT2D eigenvalue weighted by Crippen LogP contribution is -2.47. The van der Waals surface area contributed by atoms with Gasteiger partial charge in [0, 0.05) is 13.1 Å². The Morgan fingerprint density at radius 1 is 1.42 bits per heavy atom. The van der Waals surface area contributed by atoms with Crippen LogP contribution in [-0.4, -0.2) is 45.0 Å². The zero-order valence-electron chi connectivity index (χ0n) is 7.06. The number of hydrogen-bond acceptors (Lipinski definition) is 4. The van der Waals surface area contributed by atoms with Crippen LogP contribution >= 0.6 is 0 Å². The SMILES string of the molecule is CC(N1CCOCC1)S(N)(=O)=O. The fraction of sp³-hybridized carbons (Fsp3) is 1.00. The van der Waals surface area contributed by atoms with Crippen molar-refractivity contribution < 1.29 is 13.2 Å². The molecule has 1 atom stereocenters. The molecule has 0 radical (unpaired) electrons. The first-order valence-corrected chi connectivity index (χ1v) is 5.46. The maximum Gasteiger partial charge on any atom is 0.225 e. The Morgan fingerprint density at radius 2 is 1.92 bits per heavy atom. The third-order valence-electron chi connectivity index (χ3n) is 2.04. The van der Waals surface area contributed by atoms with Gasteiger partial charge in [-0.3, -0.25) is 4.90 Å². The predicted octanol–water partition coefficient (Wildman–Crippen LogP) is -1.05. The molecule has 1 aliphatic rings. The summed E-state index contributed by atoms with van der Waals surface area (Å²) in [6, 6.07) is 0. The van der Waals surface area contributed by atoms with E-state index in [0.717, 1.165) is 0 Å². The predicted molar refractivity (Wildman–Crippen MR) is 45.0 cm³/mol. The van der Waals surface area contributed by atoms with Crippen molar-refractivity contribution in [2.45, 2.75) is 12.3 Å². The van der Waals surface area contributed by atoms with Crippen molar-refractivity contribution in [1.29, 1.82) is 0 Å². The van der Waals surface area contributed by atoms with Gasteiger partial charge < -0.3 is 4.74 Å². The highest BCUT2D eigenvalue weighted by atomic mass is 32.2. The summed E-state index contributed by atoms with van der Waals surface area (Å²) in [6.07, 6.45) is 0. The van der Waals surface area contributed by atoms with Crippen LogP contribution in [0.2, 0.25) is 0 Å². The lowest BCUT2D eigenvalue weighted by molar-refractivity contribution is 0.0337. The zero-order chi connectivity index (χ0) is 9.19. The Morgan fingerprint density at radius 3 is 2.33 bits per heavy atom. The van der Waals surface area contributed by atoms with Gasteiger partial charge in [0.25, 0.3) is 0 Å². The molecule has 72 valence electrons. The quantitative estimate of drug-likeness (QED) is 0.609. The van der Waals surface area contributed by atoms with E-state index >= 15 is 0 Å². The molecule has 0 aromatic heterocycles. The van der Waals surface area contributed by atoms with Crippen LogP contribution in [0, 0.1) is 0 Å². The Hall–Kier alpha value is -0.170. The molecule has 1 rings (SSSR count). The summed E-state index contributed by atoms with van der Waals surface area (Å²) < 4.78 is 26.9. The van der Waals surface area contributed by atoms with E-state index in [0.29, 0.717) is 26.3 Å². The molecule has 6 heteroatoms. The molecule has 0 aromatic rings. The molecule has 5 nitrogen and oxygen atoms in total. The molecule has 0 bridgehead atoms. The van der Waals surface area contributed by atoms with Crippen molar-refractivity contribution in [2.24, 2.45) is 5.14 Å². The van der Waals surface area contributed by atoms with E-state index in [-0.39, 0.29) is 0 Å². The second-order valence-electron chi connectivity index (χ2n) is 2.84. The van der Waals surface area contributed by atoms with Gasteiger partial charge in [-0.05, 0) is 6.92 Å². The lowest BCUT2D eigenvalue weighted by Gasteiger charge is -2.30. The summed E-state index contributed by atoms with van der Waals surface area (Å²) in [6.45, 7) is 4.04. The average molecular weight is 194 g/mol. The molecule has 0 amide bonds. The van der Waals surface area contributed by atoms with E-state index in [1.807, 2.05) is 0 Å². The molecule has 1 unspecified atom stereocenters. The van der Waals surface area contributed by atoms with Gasteiger partial charge in [-0.15, -0.1) is 0 Å². The number of morpholine rings is 1. The standard InChI is InChI=1S/C6H14N2O3S/c1-6(12(7,9)10)8-2-4-11-5-3-8/h6H,2-5H2,1H3,(H2,7,9,10). The molecule has 0 aliphatic carbocycles. The van der Waals surface area contributed by atoms with Crippen LogP contribution in [0.3, 0.4) is 0 Å². The number of ether oxygens (including phenoxy) is 1. The normalized spacial score (nSPS) is 23.8. The number of rotatable bonds is 2. The number of nitrogens with two attached hydrogens (primary N) is 1. The van der Waals surface area contributed by atoms with Gasteiger partial charge in [0.2, 0.25) is 10.0 Å². The first kappa shape index (κ1) is 9.91. The monoisotopic (exact) mass is 194 g/mol. The fourth-order valence-corrected chi connectivity index (χ4v) is 1.78. The van der Waals surface area contributed by atoms with E-state index in [1.54, 1.807) is 11.8 Å². The molecule has 1 heterocycles. The van der Waals surface area contributed by atoms with Crippen molar-refractivity contribution in [3.05, 3.63) is 0 Å². The molecule has 1 fully saturated rings. The van der Waals surface area contributed by atoms with Gasteiger partial charge in [-0.2, -0.15) is 0 Å². The summed E-state index contributed by atoms with van der Waals surface area (Å²) in [5.41, 5.74) is 0. The van der Waals surface area contributed by atoms with Crippen molar-refractivity contribution >= 4 is 10.0 Å². The van der Waals surface area contributed by atoms with Gasteiger partial charge in [0.05, 0.1) is 13.2 Å². The topological polar surface area (TPSA) is 72.6 Å². The summed E-state index contributed by atoms with van der Waals surface area (Å²) in [5.74, 6) is 0. The first-order chi connectivity index (χ1) is 5.52. The van der Waals surface area contributed by atoms with Crippen molar-refractivity contribution in [1.82, 2.24) is 4.90 Å². The molecule has 0 spiro atoms. The Balaban J connectivity index is 2.57. The van der Waals surface area contributed by atoms with E-state index in [9.17, 15) is 8.42 Å². The molecular weight excluding hydrogens is 180 g/mol. The third-order valence-corrected chi connectivity index (χ3v) is 3.28. The fourth-order valence-electron chi connectivity index (χ4n) is 1.15. The van der Waals surface area contributed by atoms with Crippen molar-refractivity contribution in [2.75, 3.05) is 26.3 Å². The van der Waals surface area contributed by atoms with E-state index < -0.39 is 15.4 Å². The minimum absolute atomic E-state index is 0.583. The van der Waals surface area contributed by atoms with Gasteiger partial charge in [-0.25, -0.2) is 13.6 Å². The number of sulfonamides is 1. The van der Waals surface area contributed by atoms with E-state index in [2.05, 4.69) is 0 Å². The van der Waals surface area contributed by atoms with Gasteiger partial charge in [0.15, 0.2) is 0 Å². The van der Waals surface area contributed by atoms with Gasteiger partial charge in [0.1, 0.15) is 5.37 Å². The molecule has 2 N–H and O–H groups in total. The summed E-state index contributed by atoms with van der Waals surface area (Å²) in [5, 5.41) is 4.40. The minimum atomic E-state index is -3.43. The van der Waals surface area contributed by atoms with Crippen LogP contribution < -0.4 is 5.14 Å². The smallest absolute Gasteiger partial charge is 0.225 e. The van der Waals surface area contributed by atoms with Crippen LogP contribution in [0.5, 0.6) is 0 Å². The Labute approximate surface area is 72.5 Å². The number of nitrogens with zero attached hydrogens (tertiary/aromatic N) is 1. The van der Waals surface area contributed by atoms with Crippen LogP contribution in [0.25, 0.3) is 0 Å². The zero-order valence-corrected chi connectivity index (χ0v) is 7.88. The van der Waals surface area contributed by atoms with Crippen LogP contribution in [0.15, 0.2) is 0 Å². The highest BCUT2D eigenvalue weighted by Gasteiger charge is 2.24. The van der Waals surface area contributed by atoms with Crippen LogP contribution in [-0.2, 0) is 14.8 Å². The number of hydrogen-bond donors (Lipinski definition) is 1. The summed E-state index contributed by atoms with van der Waals surface area (Å²) in [4.78, 5) is 1.80. The second kappa shape index (κ2) is 3.69. The maximum absolute atomic E-state index is 10.9. The molecule has 0 aromatic carbocycles. The highest BCUT2D eigenvalue weighted by Crippen LogP contribution is 2.06. The average Bonchev–Trinajstić information content (AvgIpc) is 2.03. The summed E-state index contributed by atoms with van der Waals surface area (Å²) >= 11 is 0. The maximum atomic E-state index is 10.9. The second-order valence-corrected chi connectivity index (χ2v) is 4.70. The van der Waals surface area contributed by atoms with Crippen LogP contribution in [0.1, 0.15) is 6.92 Å². The molecule has 1 aliphatic heterocycles. The van der Waals surface area contributed by atoms with Gasteiger partial charge in [-0.1, -0.05) is 0 Å². The summed E-state index contributed by atoms with van der Waals surface area (Å²) in [7, 11) is -3.43.